The Hall–Kier alpha value is -3.60. The van der Waals surface area contributed by atoms with E-state index in [0.29, 0.717) is 17.7 Å². The summed E-state index contributed by atoms with van der Waals surface area (Å²) in [7, 11) is 1.66. The molecule has 1 aromatic carbocycles. The van der Waals surface area contributed by atoms with E-state index >= 15 is 0 Å². The Kier molecular flexibility index (Phi) is 5.17. The number of imidazole rings is 1. The molecule has 5 rings (SSSR count). The molecule has 0 amide bonds. The zero-order chi connectivity index (χ0) is 22.2. The third kappa shape index (κ3) is 3.25. The van der Waals surface area contributed by atoms with Crippen molar-refractivity contribution in [2.45, 2.75) is 58.0 Å². The second kappa shape index (κ2) is 8.15. The van der Waals surface area contributed by atoms with Gasteiger partial charge in [-0.15, -0.1) is 0 Å². The van der Waals surface area contributed by atoms with Crippen LogP contribution in [-0.2, 0) is 0 Å². The maximum absolute atomic E-state index is 9.67. The maximum atomic E-state index is 9.67. The van der Waals surface area contributed by atoms with Crippen molar-refractivity contribution in [3.05, 3.63) is 47.7 Å². The Labute approximate surface area is 187 Å². The molecule has 0 bridgehead atoms. The monoisotopic (exact) mass is 429 g/mol. The molecule has 0 saturated heterocycles. The highest BCUT2D eigenvalue weighted by Gasteiger charge is 2.39. The Balaban J connectivity index is 1.62. The molecule has 1 N–H and O–H groups in total. The maximum Gasteiger partial charge on any atom is 0.229 e. The number of aryl methyl sites for hydroxylation is 1. The van der Waals surface area contributed by atoms with Crippen LogP contribution >= 0.6 is 0 Å². The van der Waals surface area contributed by atoms with E-state index in [2.05, 4.69) is 33.2 Å². The number of nitrogens with zero attached hydrogens (tertiary/aromatic N) is 6. The number of benzene rings is 1. The molecule has 164 valence electrons. The van der Waals surface area contributed by atoms with Crippen molar-refractivity contribution >= 4 is 17.5 Å². The summed E-state index contributed by atoms with van der Waals surface area (Å²) in [6.07, 6.45) is 9.11. The summed E-state index contributed by atoms with van der Waals surface area (Å²) in [5, 5.41) is 13.0. The summed E-state index contributed by atoms with van der Waals surface area (Å²) in [6.45, 7) is 4.19. The van der Waals surface area contributed by atoms with Gasteiger partial charge in [-0.2, -0.15) is 10.2 Å². The molecule has 1 fully saturated rings. The average molecular weight is 430 g/mol. The summed E-state index contributed by atoms with van der Waals surface area (Å²) in [6, 6.07) is 8.72. The first-order valence-electron chi connectivity index (χ1n) is 11.2. The highest BCUT2D eigenvalue weighted by molar-refractivity contribution is 5.68. The van der Waals surface area contributed by atoms with Crippen molar-refractivity contribution in [1.82, 2.24) is 19.5 Å². The Morgan fingerprint density at radius 1 is 1.25 bits per heavy atom. The van der Waals surface area contributed by atoms with Gasteiger partial charge in [-0.1, -0.05) is 25.8 Å². The number of nitriles is 1. The van der Waals surface area contributed by atoms with Crippen LogP contribution in [-0.4, -0.2) is 32.7 Å². The lowest BCUT2D eigenvalue weighted by Crippen LogP contribution is -2.42. The number of aromatic nitrogens is 4. The molecule has 1 aliphatic heterocycles. The van der Waals surface area contributed by atoms with Crippen LogP contribution in [0.25, 0.3) is 5.69 Å². The van der Waals surface area contributed by atoms with Crippen LogP contribution in [0.15, 0.2) is 30.7 Å². The predicted octanol–water partition coefficient (Wildman–Crippen LogP) is 4.81. The quantitative estimate of drug-likeness (QED) is 0.622. The molecular formula is C24H27N7O. The molecule has 8 heteroatoms. The molecule has 3 aromatic rings. The molecular weight excluding hydrogens is 402 g/mol. The number of nitrogens with one attached hydrogen (secondary N) is 1. The fourth-order valence-corrected chi connectivity index (χ4v) is 5.04. The predicted molar refractivity (Wildman–Crippen MR) is 123 cm³/mol. The lowest BCUT2D eigenvalue weighted by Gasteiger charge is -2.41. The number of anilines is 3. The third-order valence-corrected chi connectivity index (χ3v) is 6.52. The van der Waals surface area contributed by atoms with Gasteiger partial charge in [-0.05, 0) is 43.9 Å². The second-order valence-corrected chi connectivity index (χ2v) is 8.46. The fourth-order valence-electron chi connectivity index (χ4n) is 5.04. The molecule has 32 heavy (non-hydrogen) atoms. The fraction of sp³-hybridized carbons (Fsp3) is 0.417. The van der Waals surface area contributed by atoms with Crippen LogP contribution < -0.4 is 15.0 Å². The highest BCUT2D eigenvalue weighted by Crippen LogP contribution is 2.44. The van der Waals surface area contributed by atoms with Crippen molar-refractivity contribution in [2.75, 3.05) is 17.3 Å². The van der Waals surface area contributed by atoms with Crippen molar-refractivity contribution in [2.24, 2.45) is 0 Å². The SMILES string of the molecule is CC[C@@H]1c2c(C#N)ncn2-c2cnc(Nc3ccc(C)cc3OC)nc2N1C1CCCC1. The molecule has 8 nitrogen and oxygen atoms in total. The van der Waals surface area contributed by atoms with Gasteiger partial charge in [0.2, 0.25) is 5.95 Å². The van der Waals surface area contributed by atoms with E-state index in [1.165, 1.54) is 12.8 Å². The summed E-state index contributed by atoms with van der Waals surface area (Å²) in [5.41, 5.74) is 4.24. The van der Waals surface area contributed by atoms with E-state index in [1.807, 2.05) is 35.9 Å². The molecule has 0 unspecified atom stereocenters. The van der Waals surface area contributed by atoms with Gasteiger partial charge >= 0.3 is 0 Å². The van der Waals surface area contributed by atoms with Gasteiger partial charge in [-0.3, -0.25) is 4.57 Å². The average Bonchev–Trinajstić information content (AvgIpc) is 3.49. The van der Waals surface area contributed by atoms with E-state index in [-0.39, 0.29) is 6.04 Å². The molecule has 0 spiro atoms. The van der Waals surface area contributed by atoms with Crippen molar-refractivity contribution in [1.29, 1.82) is 5.26 Å². The molecule has 2 aliphatic rings. The number of fused-ring (bicyclic) bond motifs is 3. The van der Waals surface area contributed by atoms with Crippen LogP contribution in [0.5, 0.6) is 5.75 Å². The number of hydrogen-bond donors (Lipinski definition) is 1. The van der Waals surface area contributed by atoms with Crippen LogP contribution in [0.1, 0.15) is 62.0 Å². The topological polar surface area (TPSA) is 91.9 Å². The lowest BCUT2D eigenvalue weighted by molar-refractivity contribution is 0.416. The Bertz CT molecular complexity index is 1190. The van der Waals surface area contributed by atoms with Crippen molar-refractivity contribution in [3.63, 3.8) is 0 Å². The zero-order valence-electron chi connectivity index (χ0n) is 18.7. The second-order valence-electron chi connectivity index (χ2n) is 8.46. The van der Waals surface area contributed by atoms with Crippen LogP contribution in [0, 0.1) is 18.3 Å². The van der Waals surface area contributed by atoms with E-state index in [4.69, 9.17) is 9.72 Å². The smallest absolute Gasteiger partial charge is 0.229 e. The van der Waals surface area contributed by atoms with E-state index < -0.39 is 0 Å². The lowest BCUT2D eigenvalue weighted by atomic mass is 10.0. The molecule has 1 atom stereocenters. The van der Waals surface area contributed by atoms with E-state index in [1.54, 1.807) is 13.4 Å². The number of rotatable bonds is 5. The van der Waals surface area contributed by atoms with Gasteiger partial charge in [0.25, 0.3) is 0 Å². The number of methoxy groups -OCH3 is 1. The Morgan fingerprint density at radius 2 is 2.06 bits per heavy atom. The van der Waals surface area contributed by atoms with E-state index in [0.717, 1.165) is 53.5 Å². The van der Waals surface area contributed by atoms with Gasteiger partial charge in [0, 0.05) is 6.04 Å². The zero-order valence-corrected chi connectivity index (χ0v) is 18.7. The van der Waals surface area contributed by atoms with Crippen LogP contribution in [0.4, 0.5) is 17.5 Å². The van der Waals surface area contributed by atoms with Crippen molar-refractivity contribution < 1.29 is 4.74 Å². The minimum Gasteiger partial charge on any atom is -0.495 e. The normalized spacial score (nSPS) is 17.6. The van der Waals surface area contributed by atoms with E-state index in [9.17, 15) is 5.26 Å². The number of ether oxygens (including phenoxy) is 1. The molecule has 0 radical (unpaired) electrons. The number of hydrogen-bond acceptors (Lipinski definition) is 7. The third-order valence-electron chi connectivity index (χ3n) is 6.52. The largest absolute Gasteiger partial charge is 0.495 e. The first-order chi connectivity index (χ1) is 15.6. The van der Waals surface area contributed by atoms with Crippen LogP contribution in [0.3, 0.4) is 0 Å². The van der Waals surface area contributed by atoms with Crippen LogP contribution in [0.2, 0.25) is 0 Å². The van der Waals surface area contributed by atoms with Gasteiger partial charge in [-0.25, -0.2) is 9.97 Å². The highest BCUT2D eigenvalue weighted by atomic mass is 16.5. The summed E-state index contributed by atoms with van der Waals surface area (Å²) >= 11 is 0. The minimum atomic E-state index is 0.0550. The van der Waals surface area contributed by atoms with Crippen molar-refractivity contribution in [3.8, 4) is 17.5 Å². The standard InChI is InChI=1S/C24H27N7O/c1-4-19-22-18(12-25)27-14-30(22)20-13-26-24(28-17-10-9-15(2)11-21(17)32-3)29-23(20)31(19)16-7-5-6-8-16/h9-11,13-14,16,19H,4-8H2,1-3H3,(H,26,28,29)/t19-/m1/s1. The molecule has 1 saturated carbocycles. The minimum absolute atomic E-state index is 0.0550. The first kappa shape index (κ1) is 20.3. The summed E-state index contributed by atoms with van der Waals surface area (Å²) in [4.78, 5) is 16.4. The summed E-state index contributed by atoms with van der Waals surface area (Å²) in [5.74, 6) is 2.16. The van der Waals surface area contributed by atoms with Gasteiger partial charge in [0.15, 0.2) is 11.5 Å². The summed E-state index contributed by atoms with van der Waals surface area (Å²) < 4.78 is 7.53. The molecule has 1 aliphatic carbocycles. The van der Waals surface area contributed by atoms with Gasteiger partial charge in [0.05, 0.1) is 30.7 Å². The van der Waals surface area contributed by atoms with Gasteiger partial charge < -0.3 is 15.0 Å². The van der Waals surface area contributed by atoms with Gasteiger partial charge in [0.1, 0.15) is 23.8 Å². The molecule has 3 heterocycles. The Morgan fingerprint density at radius 3 is 2.78 bits per heavy atom. The molecule has 2 aromatic heterocycles. The first-order valence-corrected chi connectivity index (χ1v) is 11.2.